The second-order valence-corrected chi connectivity index (χ2v) is 4.41. The molecule has 14 heavy (non-hydrogen) atoms. The Bertz CT molecular complexity index is 344. The summed E-state index contributed by atoms with van der Waals surface area (Å²) in [7, 11) is 0. The van der Waals surface area contributed by atoms with Crippen molar-refractivity contribution in [2.75, 3.05) is 6.54 Å². The van der Waals surface area contributed by atoms with Gasteiger partial charge in [-0.15, -0.1) is 0 Å². The molecule has 1 saturated carbocycles. The topological polar surface area (TPSA) is 26.0 Å². The molecule has 0 amide bonds. The van der Waals surface area contributed by atoms with Gasteiger partial charge in [0.25, 0.3) is 0 Å². The van der Waals surface area contributed by atoms with Gasteiger partial charge in [0.15, 0.2) is 0 Å². The third-order valence-electron chi connectivity index (χ3n) is 3.29. The molecule has 0 radical (unpaired) electrons. The van der Waals surface area contributed by atoms with Crippen molar-refractivity contribution >= 4 is 0 Å². The van der Waals surface area contributed by atoms with Crippen molar-refractivity contribution in [2.24, 2.45) is 5.73 Å². The summed E-state index contributed by atoms with van der Waals surface area (Å²) in [4.78, 5) is 0. The maximum atomic E-state index is 13.4. The van der Waals surface area contributed by atoms with Crippen molar-refractivity contribution in [3.63, 3.8) is 0 Å². The van der Waals surface area contributed by atoms with Crippen molar-refractivity contribution in [1.29, 1.82) is 0 Å². The highest BCUT2D eigenvalue weighted by Gasteiger charge is 2.43. The summed E-state index contributed by atoms with van der Waals surface area (Å²) in [5.74, 6) is -0.0819. The smallest absolute Gasteiger partial charge is 0.129 e. The Morgan fingerprint density at radius 1 is 1.29 bits per heavy atom. The molecule has 2 rings (SSSR count). The summed E-state index contributed by atoms with van der Waals surface area (Å²) in [5.41, 5.74) is 8.61. The average molecular weight is 193 g/mol. The molecule has 0 heterocycles. The van der Waals surface area contributed by atoms with Crippen molar-refractivity contribution in [1.82, 2.24) is 0 Å². The van der Waals surface area contributed by atoms with Crippen molar-refractivity contribution in [2.45, 2.75) is 32.1 Å². The van der Waals surface area contributed by atoms with Crippen molar-refractivity contribution in [3.8, 4) is 0 Å². The van der Waals surface area contributed by atoms with Gasteiger partial charge in [0, 0.05) is 12.0 Å². The molecule has 2 heteroatoms. The first-order valence-corrected chi connectivity index (χ1v) is 5.06. The minimum Gasteiger partial charge on any atom is -0.330 e. The van der Waals surface area contributed by atoms with Crippen LogP contribution in [0.25, 0.3) is 0 Å². The van der Waals surface area contributed by atoms with Crippen LogP contribution in [0.15, 0.2) is 12.1 Å². The quantitative estimate of drug-likeness (QED) is 0.767. The number of hydrogen-bond donors (Lipinski definition) is 1. The van der Waals surface area contributed by atoms with E-state index in [0.29, 0.717) is 6.54 Å². The normalized spacial score (nSPS) is 18.3. The van der Waals surface area contributed by atoms with Crippen LogP contribution in [0.2, 0.25) is 0 Å². The highest BCUT2D eigenvalue weighted by molar-refractivity contribution is 5.39. The Labute approximate surface area is 84.1 Å². The van der Waals surface area contributed by atoms with E-state index in [-0.39, 0.29) is 11.2 Å². The molecule has 0 aliphatic heterocycles. The van der Waals surface area contributed by atoms with E-state index < -0.39 is 0 Å². The number of benzene rings is 1. The Morgan fingerprint density at radius 2 is 1.79 bits per heavy atom. The Hall–Kier alpha value is -0.890. The lowest BCUT2D eigenvalue weighted by molar-refractivity contribution is 0.604. The fourth-order valence-corrected chi connectivity index (χ4v) is 2.01. The minimum absolute atomic E-state index is 0.0819. The van der Waals surface area contributed by atoms with Gasteiger partial charge in [0.05, 0.1) is 0 Å². The van der Waals surface area contributed by atoms with Crippen LogP contribution in [0.1, 0.15) is 29.5 Å². The first kappa shape index (κ1) is 9.66. The lowest BCUT2D eigenvalue weighted by atomic mass is 9.93. The lowest BCUT2D eigenvalue weighted by Crippen LogP contribution is -2.20. The van der Waals surface area contributed by atoms with Gasteiger partial charge in [-0.1, -0.05) is 12.1 Å². The highest BCUT2D eigenvalue weighted by atomic mass is 19.1. The maximum absolute atomic E-state index is 13.4. The van der Waals surface area contributed by atoms with Crippen LogP contribution >= 0.6 is 0 Å². The Morgan fingerprint density at radius 3 is 2.14 bits per heavy atom. The van der Waals surface area contributed by atoms with Crippen LogP contribution in [0.4, 0.5) is 4.39 Å². The van der Waals surface area contributed by atoms with Gasteiger partial charge in [0.1, 0.15) is 5.82 Å². The number of aryl methyl sites for hydroxylation is 2. The summed E-state index contributed by atoms with van der Waals surface area (Å²) < 4.78 is 13.4. The van der Waals surface area contributed by atoms with E-state index in [1.54, 1.807) is 0 Å². The molecule has 0 spiro atoms. The summed E-state index contributed by atoms with van der Waals surface area (Å²) >= 11 is 0. The predicted molar refractivity (Wildman–Crippen MR) is 55.8 cm³/mol. The van der Waals surface area contributed by atoms with Crippen LogP contribution < -0.4 is 5.73 Å². The standard InChI is InChI=1S/C12H16FN/c1-8-5-10(6-9(2)11(8)13)12(7-14)3-4-12/h5-6H,3-4,7,14H2,1-2H3. The fourth-order valence-electron chi connectivity index (χ4n) is 2.01. The molecule has 1 aliphatic rings. The van der Waals surface area contributed by atoms with E-state index in [4.69, 9.17) is 5.73 Å². The van der Waals surface area contributed by atoms with Gasteiger partial charge in [-0.3, -0.25) is 0 Å². The molecule has 2 N–H and O–H groups in total. The van der Waals surface area contributed by atoms with Gasteiger partial charge in [-0.25, -0.2) is 4.39 Å². The fraction of sp³-hybridized carbons (Fsp3) is 0.500. The van der Waals surface area contributed by atoms with Crippen LogP contribution in [-0.4, -0.2) is 6.54 Å². The van der Waals surface area contributed by atoms with Gasteiger partial charge >= 0.3 is 0 Å². The van der Waals surface area contributed by atoms with Crippen molar-refractivity contribution < 1.29 is 4.39 Å². The summed E-state index contributed by atoms with van der Waals surface area (Å²) in [6.07, 6.45) is 2.29. The van der Waals surface area contributed by atoms with E-state index in [9.17, 15) is 4.39 Å². The predicted octanol–water partition coefficient (Wildman–Crippen LogP) is 2.43. The zero-order chi connectivity index (χ0) is 10.3. The molecular formula is C12H16FN. The van der Waals surface area contributed by atoms with Gasteiger partial charge < -0.3 is 5.73 Å². The number of halogens is 1. The number of nitrogens with two attached hydrogens (primary N) is 1. The van der Waals surface area contributed by atoms with E-state index in [1.165, 1.54) is 5.56 Å². The van der Waals surface area contributed by atoms with Crippen LogP contribution in [-0.2, 0) is 5.41 Å². The largest absolute Gasteiger partial charge is 0.330 e. The Balaban J connectivity index is 2.46. The van der Waals surface area contributed by atoms with Crippen LogP contribution in [0.3, 0.4) is 0 Å². The molecule has 0 saturated heterocycles. The minimum atomic E-state index is -0.0819. The molecule has 0 unspecified atom stereocenters. The van der Waals surface area contributed by atoms with E-state index in [1.807, 2.05) is 26.0 Å². The Kier molecular flexibility index (Phi) is 2.11. The van der Waals surface area contributed by atoms with Crippen molar-refractivity contribution in [3.05, 3.63) is 34.6 Å². The molecule has 76 valence electrons. The number of rotatable bonds is 2. The van der Waals surface area contributed by atoms with Crippen LogP contribution in [0.5, 0.6) is 0 Å². The molecule has 0 aromatic heterocycles. The zero-order valence-electron chi connectivity index (χ0n) is 8.73. The third-order valence-corrected chi connectivity index (χ3v) is 3.29. The molecule has 0 bridgehead atoms. The van der Waals surface area contributed by atoms with Gasteiger partial charge in [-0.05, 0) is 43.4 Å². The molecule has 0 atom stereocenters. The molecule has 1 nitrogen and oxygen atoms in total. The summed E-state index contributed by atoms with van der Waals surface area (Å²) in [5, 5.41) is 0. The lowest BCUT2D eigenvalue weighted by Gasteiger charge is -2.15. The van der Waals surface area contributed by atoms with Gasteiger partial charge in [-0.2, -0.15) is 0 Å². The third kappa shape index (κ3) is 1.34. The molecule has 1 aromatic rings. The van der Waals surface area contributed by atoms with E-state index >= 15 is 0 Å². The van der Waals surface area contributed by atoms with E-state index in [2.05, 4.69) is 0 Å². The molecule has 1 aromatic carbocycles. The van der Waals surface area contributed by atoms with Gasteiger partial charge in [0.2, 0.25) is 0 Å². The summed E-state index contributed by atoms with van der Waals surface area (Å²) in [6, 6.07) is 3.89. The van der Waals surface area contributed by atoms with E-state index in [0.717, 1.165) is 24.0 Å². The average Bonchev–Trinajstić information content (AvgIpc) is 2.94. The summed E-state index contributed by atoms with van der Waals surface area (Å²) in [6.45, 7) is 4.31. The zero-order valence-corrected chi connectivity index (χ0v) is 8.73. The molecule has 1 aliphatic carbocycles. The highest BCUT2D eigenvalue weighted by Crippen LogP contribution is 2.47. The monoisotopic (exact) mass is 193 g/mol. The molecular weight excluding hydrogens is 177 g/mol. The number of hydrogen-bond acceptors (Lipinski definition) is 1. The van der Waals surface area contributed by atoms with Crippen LogP contribution in [0, 0.1) is 19.7 Å². The first-order chi connectivity index (χ1) is 6.59. The molecule has 1 fully saturated rings. The maximum Gasteiger partial charge on any atom is 0.129 e. The SMILES string of the molecule is Cc1cc(C2(CN)CC2)cc(C)c1F. The second-order valence-electron chi connectivity index (χ2n) is 4.41. The first-order valence-electron chi connectivity index (χ1n) is 5.06. The second kappa shape index (κ2) is 3.06.